The van der Waals surface area contributed by atoms with E-state index in [1.165, 1.54) is 58.2 Å². The van der Waals surface area contributed by atoms with E-state index < -0.39 is 0 Å². The lowest BCUT2D eigenvalue weighted by atomic mass is 9.98. The first-order valence-electron chi connectivity index (χ1n) is 5.89. The molecule has 0 aromatic carbocycles. The molecule has 2 nitrogen and oxygen atoms in total. The Morgan fingerprint density at radius 1 is 1.00 bits per heavy atom. The second-order valence-electron chi connectivity index (χ2n) is 4.58. The molecule has 0 aromatic rings. The molecule has 1 saturated carbocycles. The van der Waals surface area contributed by atoms with E-state index in [1.807, 2.05) is 0 Å². The summed E-state index contributed by atoms with van der Waals surface area (Å²) < 4.78 is 0. The first-order chi connectivity index (χ1) is 6.45. The van der Waals surface area contributed by atoms with Crippen LogP contribution in [0.1, 0.15) is 38.5 Å². The topological polar surface area (TPSA) is 24.1 Å². The Hall–Kier alpha value is -0.0800. The zero-order valence-electron chi connectivity index (χ0n) is 8.52. The zero-order chi connectivity index (χ0) is 8.93. The molecule has 2 rings (SSSR count). The monoisotopic (exact) mass is 182 g/mol. The van der Waals surface area contributed by atoms with Crippen molar-refractivity contribution in [2.75, 3.05) is 19.6 Å². The number of nitrogens with one attached hydrogen (secondary N) is 2. The van der Waals surface area contributed by atoms with Gasteiger partial charge in [0, 0.05) is 6.04 Å². The third kappa shape index (κ3) is 2.96. The van der Waals surface area contributed by atoms with Crippen molar-refractivity contribution in [2.45, 2.75) is 44.6 Å². The first kappa shape index (κ1) is 9.47. The number of hydrogen-bond acceptors (Lipinski definition) is 2. The van der Waals surface area contributed by atoms with E-state index in [2.05, 4.69) is 10.6 Å². The van der Waals surface area contributed by atoms with Crippen molar-refractivity contribution in [3.05, 3.63) is 0 Å². The van der Waals surface area contributed by atoms with Gasteiger partial charge >= 0.3 is 0 Å². The fourth-order valence-electron chi connectivity index (χ4n) is 2.55. The molecule has 1 saturated heterocycles. The van der Waals surface area contributed by atoms with Gasteiger partial charge in [0.1, 0.15) is 0 Å². The molecule has 2 aliphatic rings. The Morgan fingerprint density at radius 2 is 1.69 bits per heavy atom. The molecule has 0 unspecified atom stereocenters. The van der Waals surface area contributed by atoms with Gasteiger partial charge in [0.25, 0.3) is 0 Å². The van der Waals surface area contributed by atoms with Crippen LogP contribution < -0.4 is 10.6 Å². The smallest absolute Gasteiger partial charge is 0.00671 e. The van der Waals surface area contributed by atoms with Gasteiger partial charge in [-0.25, -0.2) is 0 Å². The molecule has 2 heteroatoms. The first-order valence-corrected chi connectivity index (χ1v) is 5.89. The predicted molar refractivity (Wildman–Crippen MR) is 55.9 cm³/mol. The van der Waals surface area contributed by atoms with Crippen LogP contribution in [0.5, 0.6) is 0 Å². The molecule has 76 valence electrons. The Labute approximate surface area is 81.5 Å². The van der Waals surface area contributed by atoms with Gasteiger partial charge in [-0.3, -0.25) is 0 Å². The van der Waals surface area contributed by atoms with Crippen LogP contribution in [-0.2, 0) is 0 Å². The van der Waals surface area contributed by atoms with Crippen LogP contribution in [0.3, 0.4) is 0 Å². The molecule has 0 atom stereocenters. The molecular formula is C11H22N2. The molecule has 1 heterocycles. The standard InChI is InChI=1S/C11H22N2/c1-2-4-11(3-1)13-9-10-5-7-12-8-6-10/h10-13H,1-9H2. The minimum absolute atomic E-state index is 0.856. The summed E-state index contributed by atoms with van der Waals surface area (Å²) in [5.41, 5.74) is 0. The van der Waals surface area contributed by atoms with E-state index in [0.29, 0.717) is 0 Å². The van der Waals surface area contributed by atoms with Crippen molar-refractivity contribution in [1.82, 2.24) is 10.6 Å². The largest absolute Gasteiger partial charge is 0.317 e. The molecule has 0 aromatic heterocycles. The predicted octanol–water partition coefficient (Wildman–Crippen LogP) is 1.52. The quantitative estimate of drug-likeness (QED) is 0.691. The molecule has 1 aliphatic heterocycles. The molecule has 13 heavy (non-hydrogen) atoms. The van der Waals surface area contributed by atoms with E-state index in [-0.39, 0.29) is 0 Å². The second kappa shape index (κ2) is 4.97. The lowest BCUT2D eigenvalue weighted by Gasteiger charge is -2.24. The van der Waals surface area contributed by atoms with Gasteiger partial charge < -0.3 is 10.6 Å². The van der Waals surface area contributed by atoms with Crippen LogP contribution in [0.15, 0.2) is 0 Å². The summed E-state index contributed by atoms with van der Waals surface area (Å²) in [6.45, 7) is 3.74. The molecule has 0 spiro atoms. The van der Waals surface area contributed by atoms with Crippen molar-refractivity contribution >= 4 is 0 Å². The van der Waals surface area contributed by atoms with Crippen LogP contribution in [0.2, 0.25) is 0 Å². The lowest BCUT2D eigenvalue weighted by molar-refractivity contribution is 0.340. The van der Waals surface area contributed by atoms with Crippen molar-refractivity contribution < 1.29 is 0 Å². The van der Waals surface area contributed by atoms with Crippen LogP contribution in [0.4, 0.5) is 0 Å². The third-order valence-electron chi connectivity index (χ3n) is 3.51. The molecule has 0 bridgehead atoms. The lowest BCUT2D eigenvalue weighted by Crippen LogP contribution is -2.36. The van der Waals surface area contributed by atoms with Gasteiger partial charge in [0.2, 0.25) is 0 Å². The minimum Gasteiger partial charge on any atom is -0.317 e. The van der Waals surface area contributed by atoms with Crippen molar-refractivity contribution in [1.29, 1.82) is 0 Å². The molecule has 2 N–H and O–H groups in total. The fraction of sp³-hybridized carbons (Fsp3) is 1.00. The summed E-state index contributed by atoms with van der Waals surface area (Å²) in [5, 5.41) is 7.14. The van der Waals surface area contributed by atoms with E-state index in [1.54, 1.807) is 0 Å². The van der Waals surface area contributed by atoms with Crippen molar-refractivity contribution in [3.63, 3.8) is 0 Å². The summed E-state index contributed by atoms with van der Waals surface area (Å²) in [6.07, 6.45) is 8.49. The van der Waals surface area contributed by atoms with Gasteiger partial charge in [0.15, 0.2) is 0 Å². The Morgan fingerprint density at radius 3 is 2.38 bits per heavy atom. The van der Waals surface area contributed by atoms with Gasteiger partial charge in [-0.2, -0.15) is 0 Å². The van der Waals surface area contributed by atoms with Crippen molar-refractivity contribution in [2.24, 2.45) is 5.92 Å². The van der Waals surface area contributed by atoms with Crippen LogP contribution in [0.25, 0.3) is 0 Å². The fourth-order valence-corrected chi connectivity index (χ4v) is 2.55. The van der Waals surface area contributed by atoms with Gasteiger partial charge in [-0.05, 0) is 51.2 Å². The second-order valence-corrected chi connectivity index (χ2v) is 4.58. The summed E-state index contributed by atoms with van der Waals surface area (Å²) in [4.78, 5) is 0. The highest BCUT2D eigenvalue weighted by atomic mass is 14.9. The maximum absolute atomic E-state index is 3.72. The van der Waals surface area contributed by atoms with Crippen LogP contribution >= 0.6 is 0 Å². The highest BCUT2D eigenvalue weighted by molar-refractivity contribution is 4.77. The highest BCUT2D eigenvalue weighted by Gasteiger charge is 2.17. The van der Waals surface area contributed by atoms with Crippen molar-refractivity contribution in [3.8, 4) is 0 Å². The Bertz CT molecular complexity index is 135. The highest BCUT2D eigenvalue weighted by Crippen LogP contribution is 2.18. The summed E-state index contributed by atoms with van der Waals surface area (Å²) in [5.74, 6) is 0.946. The van der Waals surface area contributed by atoms with E-state index in [4.69, 9.17) is 0 Å². The normalized spacial score (nSPS) is 26.8. The van der Waals surface area contributed by atoms with Gasteiger partial charge in [0.05, 0.1) is 0 Å². The third-order valence-corrected chi connectivity index (χ3v) is 3.51. The van der Waals surface area contributed by atoms with E-state index in [0.717, 1.165) is 12.0 Å². The molecular weight excluding hydrogens is 160 g/mol. The minimum atomic E-state index is 0.856. The van der Waals surface area contributed by atoms with E-state index >= 15 is 0 Å². The number of rotatable bonds is 3. The summed E-state index contributed by atoms with van der Waals surface area (Å²) in [7, 11) is 0. The van der Waals surface area contributed by atoms with Crippen LogP contribution in [0, 0.1) is 5.92 Å². The maximum Gasteiger partial charge on any atom is 0.00671 e. The van der Waals surface area contributed by atoms with E-state index in [9.17, 15) is 0 Å². The number of hydrogen-bond donors (Lipinski definition) is 2. The SMILES string of the molecule is C1CCC(NCC2CCNCC2)C1. The maximum atomic E-state index is 3.72. The number of piperidine rings is 1. The molecule has 0 amide bonds. The average Bonchev–Trinajstić information content (AvgIpc) is 2.69. The van der Waals surface area contributed by atoms with Gasteiger partial charge in [-0.1, -0.05) is 12.8 Å². The molecule has 0 radical (unpaired) electrons. The molecule has 2 fully saturated rings. The zero-order valence-corrected chi connectivity index (χ0v) is 8.52. The van der Waals surface area contributed by atoms with Crippen LogP contribution in [-0.4, -0.2) is 25.7 Å². The Kier molecular flexibility index (Phi) is 3.62. The molecule has 1 aliphatic carbocycles. The summed E-state index contributed by atoms with van der Waals surface area (Å²) in [6, 6.07) is 0.856. The van der Waals surface area contributed by atoms with Gasteiger partial charge in [-0.15, -0.1) is 0 Å². The average molecular weight is 182 g/mol. The summed E-state index contributed by atoms with van der Waals surface area (Å²) >= 11 is 0. The Balaban J connectivity index is 1.60.